The van der Waals surface area contributed by atoms with Crippen molar-refractivity contribution < 1.29 is 9.59 Å². The Kier molecular flexibility index (Phi) is 3.79. The molecule has 2 amide bonds. The normalized spacial score (nSPS) is 11.9. The Morgan fingerprint density at radius 3 is 2.67 bits per heavy atom. The van der Waals surface area contributed by atoms with Crippen molar-refractivity contribution >= 4 is 27.7 Å². The summed E-state index contributed by atoms with van der Waals surface area (Å²) in [6.45, 7) is 1.52. The van der Waals surface area contributed by atoms with Crippen molar-refractivity contribution in [2.45, 2.75) is 13.0 Å². The van der Waals surface area contributed by atoms with Gasteiger partial charge in [0, 0.05) is 6.20 Å². The predicted octanol–water partition coefficient (Wildman–Crippen LogP) is 0.448. The van der Waals surface area contributed by atoms with E-state index in [4.69, 9.17) is 5.73 Å². The third-order valence-corrected chi connectivity index (χ3v) is 2.23. The van der Waals surface area contributed by atoms with E-state index < -0.39 is 11.9 Å². The predicted molar refractivity (Wildman–Crippen MR) is 58.1 cm³/mol. The van der Waals surface area contributed by atoms with Gasteiger partial charge in [-0.15, -0.1) is 0 Å². The largest absolute Gasteiger partial charge is 0.368 e. The van der Waals surface area contributed by atoms with E-state index in [0.717, 1.165) is 0 Å². The van der Waals surface area contributed by atoms with Gasteiger partial charge in [-0.05, 0) is 35.0 Å². The number of carbonyl (C=O) groups excluding carboxylic acids is 2. The summed E-state index contributed by atoms with van der Waals surface area (Å²) in [4.78, 5) is 26.1. The quantitative estimate of drug-likeness (QED) is 0.783. The van der Waals surface area contributed by atoms with Crippen LogP contribution >= 0.6 is 15.9 Å². The van der Waals surface area contributed by atoms with Gasteiger partial charge in [-0.1, -0.05) is 0 Å². The van der Waals surface area contributed by atoms with E-state index in [1.54, 1.807) is 12.1 Å². The van der Waals surface area contributed by atoms with Crippen LogP contribution in [0.3, 0.4) is 0 Å². The van der Waals surface area contributed by atoms with Gasteiger partial charge in [0.15, 0.2) is 0 Å². The molecule has 80 valence electrons. The Bertz CT molecular complexity index is 377. The first-order valence-corrected chi connectivity index (χ1v) is 5.01. The number of nitrogens with one attached hydrogen (secondary N) is 1. The van der Waals surface area contributed by atoms with E-state index in [1.807, 2.05) is 0 Å². The van der Waals surface area contributed by atoms with Crippen molar-refractivity contribution in [2.75, 3.05) is 0 Å². The molecule has 1 atom stereocenters. The molecule has 0 aliphatic heterocycles. The first-order valence-electron chi connectivity index (χ1n) is 4.22. The number of hydrogen-bond acceptors (Lipinski definition) is 3. The molecule has 6 heteroatoms. The van der Waals surface area contributed by atoms with Crippen molar-refractivity contribution in [1.82, 2.24) is 10.3 Å². The lowest BCUT2D eigenvalue weighted by Gasteiger charge is -2.09. The van der Waals surface area contributed by atoms with E-state index in [1.165, 1.54) is 13.1 Å². The number of halogens is 1. The molecule has 0 aromatic carbocycles. The average molecular weight is 272 g/mol. The van der Waals surface area contributed by atoms with Crippen LogP contribution in [0.5, 0.6) is 0 Å². The maximum Gasteiger partial charge on any atom is 0.253 e. The highest BCUT2D eigenvalue weighted by atomic mass is 79.9. The Morgan fingerprint density at radius 1 is 1.53 bits per heavy atom. The van der Waals surface area contributed by atoms with Gasteiger partial charge < -0.3 is 11.1 Å². The second-order valence-corrected chi connectivity index (χ2v) is 3.78. The number of primary amides is 1. The van der Waals surface area contributed by atoms with Gasteiger partial charge in [0.05, 0.1) is 5.56 Å². The number of rotatable bonds is 3. The molecule has 0 aliphatic rings. The van der Waals surface area contributed by atoms with E-state index >= 15 is 0 Å². The number of amides is 2. The molecule has 0 radical (unpaired) electrons. The molecular weight excluding hydrogens is 262 g/mol. The van der Waals surface area contributed by atoms with Gasteiger partial charge in [-0.3, -0.25) is 9.59 Å². The van der Waals surface area contributed by atoms with Crippen LogP contribution in [0, 0.1) is 0 Å². The van der Waals surface area contributed by atoms with Crippen molar-refractivity contribution in [3.8, 4) is 0 Å². The number of nitrogens with two attached hydrogens (primary N) is 1. The standard InChI is InChI=1S/C9H10BrN3O2/c1-5(8(11)14)13-9(15)6-2-3-7(10)12-4-6/h2-5H,1H3,(H2,11,14)(H,13,15). The van der Waals surface area contributed by atoms with Crippen molar-refractivity contribution in [3.05, 3.63) is 28.5 Å². The molecule has 1 unspecified atom stereocenters. The van der Waals surface area contributed by atoms with Gasteiger partial charge in [0.25, 0.3) is 5.91 Å². The van der Waals surface area contributed by atoms with Crippen LogP contribution in [-0.4, -0.2) is 22.8 Å². The number of carbonyl (C=O) groups is 2. The number of nitrogens with zero attached hydrogens (tertiary/aromatic N) is 1. The molecule has 1 aromatic rings. The van der Waals surface area contributed by atoms with Crippen LogP contribution < -0.4 is 11.1 Å². The maximum absolute atomic E-state index is 11.5. The molecule has 5 nitrogen and oxygen atoms in total. The second-order valence-electron chi connectivity index (χ2n) is 2.97. The molecule has 0 spiro atoms. The first-order chi connectivity index (χ1) is 7.00. The fraction of sp³-hybridized carbons (Fsp3) is 0.222. The zero-order chi connectivity index (χ0) is 11.4. The van der Waals surface area contributed by atoms with E-state index in [-0.39, 0.29) is 5.91 Å². The van der Waals surface area contributed by atoms with Gasteiger partial charge >= 0.3 is 0 Å². The van der Waals surface area contributed by atoms with E-state index in [2.05, 4.69) is 26.2 Å². The lowest BCUT2D eigenvalue weighted by Crippen LogP contribution is -2.42. The van der Waals surface area contributed by atoms with Gasteiger partial charge in [0.1, 0.15) is 10.6 Å². The van der Waals surface area contributed by atoms with Crippen molar-refractivity contribution in [1.29, 1.82) is 0 Å². The van der Waals surface area contributed by atoms with Crippen LogP contribution in [0.25, 0.3) is 0 Å². The minimum absolute atomic E-state index is 0.374. The lowest BCUT2D eigenvalue weighted by molar-refractivity contribution is -0.119. The lowest BCUT2D eigenvalue weighted by atomic mass is 10.2. The molecule has 0 saturated carbocycles. The first kappa shape index (κ1) is 11.6. The number of aromatic nitrogens is 1. The summed E-state index contributed by atoms with van der Waals surface area (Å²) in [6.07, 6.45) is 1.41. The number of hydrogen-bond donors (Lipinski definition) is 2. The van der Waals surface area contributed by atoms with Crippen LogP contribution in [0.1, 0.15) is 17.3 Å². The molecule has 0 aliphatic carbocycles. The van der Waals surface area contributed by atoms with Crippen LogP contribution in [0.15, 0.2) is 22.9 Å². The van der Waals surface area contributed by atoms with Gasteiger partial charge in [0.2, 0.25) is 5.91 Å². The zero-order valence-corrected chi connectivity index (χ0v) is 9.61. The molecule has 0 saturated heterocycles. The molecule has 0 bridgehead atoms. The van der Waals surface area contributed by atoms with E-state index in [0.29, 0.717) is 10.2 Å². The minimum atomic E-state index is -0.693. The Morgan fingerprint density at radius 2 is 2.20 bits per heavy atom. The van der Waals surface area contributed by atoms with Crippen molar-refractivity contribution in [3.63, 3.8) is 0 Å². The average Bonchev–Trinajstić information content (AvgIpc) is 2.18. The topological polar surface area (TPSA) is 85.1 Å². The fourth-order valence-corrected chi connectivity index (χ4v) is 1.10. The SMILES string of the molecule is CC(NC(=O)c1ccc(Br)nc1)C(N)=O. The van der Waals surface area contributed by atoms with E-state index in [9.17, 15) is 9.59 Å². The molecule has 3 N–H and O–H groups in total. The molecule has 1 heterocycles. The third kappa shape index (κ3) is 3.32. The highest BCUT2D eigenvalue weighted by molar-refractivity contribution is 9.10. The highest BCUT2D eigenvalue weighted by Gasteiger charge is 2.13. The molecule has 15 heavy (non-hydrogen) atoms. The number of pyridine rings is 1. The summed E-state index contributed by atoms with van der Waals surface area (Å²) >= 11 is 3.15. The Labute approximate surface area is 95.2 Å². The van der Waals surface area contributed by atoms with Crippen molar-refractivity contribution in [2.24, 2.45) is 5.73 Å². The smallest absolute Gasteiger partial charge is 0.253 e. The van der Waals surface area contributed by atoms with Crippen LogP contribution in [-0.2, 0) is 4.79 Å². The molecule has 0 fully saturated rings. The summed E-state index contributed by atoms with van der Waals surface area (Å²) in [5.41, 5.74) is 5.39. The van der Waals surface area contributed by atoms with Gasteiger partial charge in [-0.2, -0.15) is 0 Å². The fourth-order valence-electron chi connectivity index (χ4n) is 0.861. The van der Waals surface area contributed by atoms with Crippen LogP contribution in [0.4, 0.5) is 0 Å². The second kappa shape index (κ2) is 4.88. The molecular formula is C9H10BrN3O2. The van der Waals surface area contributed by atoms with Crippen LogP contribution in [0.2, 0.25) is 0 Å². The third-order valence-electron chi connectivity index (χ3n) is 1.76. The zero-order valence-electron chi connectivity index (χ0n) is 8.03. The molecule has 1 rings (SSSR count). The Hall–Kier alpha value is -1.43. The summed E-state index contributed by atoms with van der Waals surface area (Å²) in [5.74, 6) is -0.949. The molecule has 1 aromatic heterocycles. The highest BCUT2D eigenvalue weighted by Crippen LogP contribution is 2.06. The summed E-state index contributed by atoms with van der Waals surface area (Å²) in [5, 5.41) is 2.45. The summed E-state index contributed by atoms with van der Waals surface area (Å²) in [7, 11) is 0. The monoisotopic (exact) mass is 271 g/mol. The summed E-state index contributed by atoms with van der Waals surface area (Å²) < 4.78 is 0.641. The summed E-state index contributed by atoms with van der Waals surface area (Å²) in [6, 6.07) is 2.55. The minimum Gasteiger partial charge on any atom is -0.368 e. The Balaban J connectivity index is 2.69. The maximum atomic E-state index is 11.5. The van der Waals surface area contributed by atoms with Gasteiger partial charge in [-0.25, -0.2) is 4.98 Å².